The summed E-state index contributed by atoms with van der Waals surface area (Å²) < 4.78 is 2.25. The maximum absolute atomic E-state index is 4.64. The number of halogens is 1. The first-order valence-electron chi connectivity index (χ1n) is 6.79. The topological polar surface area (TPSA) is 3.24 Å². The molecule has 17 heavy (non-hydrogen) atoms. The van der Waals surface area contributed by atoms with Crippen LogP contribution in [0, 0.1) is 0 Å². The number of alkyl halides is 1. The van der Waals surface area contributed by atoms with Gasteiger partial charge in [0, 0.05) is 18.5 Å². The molecular weight excluding hydrogens is 249 g/mol. The second-order valence-electron chi connectivity index (χ2n) is 4.34. The van der Waals surface area contributed by atoms with Gasteiger partial charge in [0.05, 0.1) is 0 Å². The molecule has 0 radical (unpaired) electrons. The predicted octanol–water partition coefficient (Wildman–Crippen LogP) is 5.97. The minimum absolute atomic E-state index is 0.639. The highest BCUT2D eigenvalue weighted by Crippen LogP contribution is 2.09. The first-order valence-corrected chi connectivity index (χ1v) is 8.06. The molecule has 0 bridgehead atoms. The molecule has 0 N–H and O–H groups in total. The average molecular weight is 286 g/mol. The fourth-order valence-corrected chi connectivity index (χ4v) is 0.596. The zero-order valence-corrected chi connectivity index (χ0v) is 15.6. The third-order valence-corrected chi connectivity index (χ3v) is 2.89. The van der Waals surface area contributed by atoms with Crippen LogP contribution in [0.4, 0.5) is 0 Å². The van der Waals surface area contributed by atoms with Gasteiger partial charge in [-0.3, -0.25) is 4.67 Å². The Morgan fingerprint density at radius 3 is 1.00 bits per heavy atom. The highest BCUT2D eigenvalue weighted by molar-refractivity contribution is 7.13. The van der Waals surface area contributed by atoms with E-state index in [1.165, 1.54) is 25.6 Å². The first kappa shape index (κ1) is 26.3. The Balaban J connectivity index is -0.0000000792. The van der Waals surface area contributed by atoms with E-state index in [-0.39, 0.29) is 0 Å². The summed E-state index contributed by atoms with van der Waals surface area (Å²) in [6.07, 6.45) is 5.36. The second-order valence-corrected chi connectivity index (χ2v) is 4.94. The molecule has 0 saturated carbocycles. The van der Waals surface area contributed by atoms with Crippen molar-refractivity contribution in [1.82, 2.24) is 4.67 Å². The molecule has 0 aliphatic carbocycles. The Morgan fingerprint density at radius 2 is 1.00 bits per heavy atom. The van der Waals surface area contributed by atoms with Crippen molar-refractivity contribution in [3.05, 3.63) is 0 Å². The molecule has 0 aromatic carbocycles. The van der Waals surface area contributed by atoms with Crippen LogP contribution in [0.3, 0.4) is 0 Å². The van der Waals surface area contributed by atoms with E-state index in [1.807, 2.05) is 0 Å². The molecule has 0 heterocycles. The highest BCUT2D eigenvalue weighted by Gasteiger charge is 2.05. The summed E-state index contributed by atoms with van der Waals surface area (Å²) in [4.78, 5) is 0. The lowest BCUT2D eigenvalue weighted by Crippen LogP contribution is -2.26. The maximum atomic E-state index is 4.64. The lowest BCUT2D eigenvalue weighted by molar-refractivity contribution is 0.334. The molecule has 0 aromatic rings. The van der Waals surface area contributed by atoms with Crippen molar-refractivity contribution < 1.29 is 0 Å². The van der Waals surface area contributed by atoms with Gasteiger partial charge in [-0.25, -0.2) is 0 Å². The second kappa shape index (κ2) is 25.5. The third kappa shape index (κ3) is 38.4. The van der Waals surface area contributed by atoms with E-state index < -0.39 is 0 Å². The quantitative estimate of drug-likeness (QED) is 0.456. The monoisotopic (exact) mass is 285 g/mol. The van der Waals surface area contributed by atoms with Crippen molar-refractivity contribution in [1.29, 1.82) is 0 Å². The van der Waals surface area contributed by atoms with Crippen LogP contribution >= 0.6 is 21.0 Å². The molecule has 0 amide bonds. The van der Waals surface area contributed by atoms with Crippen LogP contribution in [0.1, 0.15) is 74.7 Å². The molecule has 0 spiro atoms. The van der Waals surface area contributed by atoms with E-state index in [4.69, 9.17) is 0 Å². The van der Waals surface area contributed by atoms with Gasteiger partial charge in [-0.2, -0.15) is 0 Å². The Morgan fingerprint density at radius 1 is 0.824 bits per heavy atom. The van der Waals surface area contributed by atoms with Crippen molar-refractivity contribution in [3.63, 3.8) is 0 Å². The van der Waals surface area contributed by atoms with E-state index >= 15 is 0 Å². The van der Waals surface area contributed by atoms with Gasteiger partial charge in [0.15, 0.2) is 0 Å². The van der Waals surface area contributed by atoms with Gasteiger partial charge in [0.1, 0.15) is 0 Å². The lowest BCUT2D eigenvalue weighted by Gasteiger charge is -2.24. The van der Waals surface area contributed by atoms with Crippen LogP contribution < -0.4 is 0 Å². The van der Waals surface area contributed by atoms with Crippen molar-refractivity contribution in [2.24, 2.45) is 0 Å². The fourth-order valence-electron chi connectivity index (χ4n) is 0.596. The molecule has 0 rings (SSSR count). The summed E-state index contributed by atoms with van der Waals surface area (Å²) in [5.41, 5.74) is 0. The van der Waals surface area contributed by atoms with Crippen LogP contribution in [0.2, 0.25) is 0 Å². The average Bonchev–Trinajstić information content (AvgIpc) is 2.31. The summed E-state index contributed by atoms with van der Waals surface area (Å²) in [5.74, 6) is 0. The Kier molecular flexibility index (Phi) is 39.4. The summed E-state index contributed by atoms with van der Waals surface area (Å²) in [6.45, 7) is 17.4. The highest BCUT2D eigenvalue weighted by atomic mass is 35.5. The van der Waals surface area contributed by atoms with Crippen LogP contribution in [0.5, 0.6) is 0 Å². The van der Waals surface area contributed by atoms with Crippen LogP contribution in [-0.4, -0.2) is 23.1 Å². The molecular formula is C14H37ClNP. The zero-order valence-electron chi connectivity index (χ0n) is 13.7. The molecule has 1 atom stereocenters. The van der Waals surface area contributed by atoms with Crippen LogP contribution in [0.15, 0.2) is 0 Å². The Labute approximate surface area is 119 Å². The first-order chi connectivity index (χ1) is 7.88. The van der Waals surface area contributed by atoms with Gasteiger partial charge < -0.3 is 0 Å². The third-order valence-electron chi connectivity index (χ3n) is 1.69. The molecule has 3 heteroatoms. The van der Waals surface area contributed by atoms with Gasteiger partial charge in [-0.1, -0.05) is 56.3 Å². The number of rotatable bonds is 3. The molecule has 1 nitrogen and oxygen atoms in total. The molecule has 1 unspecified atom stereocenters. The summed E-state index contributed by atoms with van der Waals surface area (Å²) >= 11 is 4.64. The number of nitrogens with zero attached hydrogens (tertiary/aromatic N) is 1. The largest absolute Gasteiger partial charge is 0.282 e. The van der Waals surface area contributed by atoms with E-state index in [9.17, 15) is 0 Å². The zero-order chi connectivity index (χ0) is 14.9. The minimum Gasteiger partial charge on any atom is -0.282 e. The van der Waals surface area contributed by atoms with Gasteiger partial charge in [-0.15, -0.1) is 11.6 Å². The van der Waals surface area contributed by atoms with E-state index in [2.05, 4.69) is 81.1 Å². The SMILES string of the molecule is CC(C)N(P)C(C)C.CCC.CCCC.CCl. The Hall–Kier alpha value is 0.680. The fraction of sp³-hybridized carbons (Fsp3) is 1.00. The normalized spacial score (nSPS) is 8.82. The Bertz CT molecular complexity index is 88.2. The lowest BCUT2D eigenvalue weighted by atomic mass is 10.3. The van der Waals surface area contributed by atoms with E-state index in [0.717, 1.165) is 0 Å². The minimum atomic E-state index is 0.639. The summed E-state index contributed by atoms with van der Waals surface area (Å²) in [6, 6.07) is 1.28. The van der Waals surface area contributed by atoms with E-state index in [0.29, 0.717) is 12.1 Å². The van der Waals surface area contributed by atoms with Crippen molar-refractivity contribution in [2.45, 2.75) is 86.7 Å². The van der Waals surface area contributed by atoms with Gasteiger partial charge in [0.25, 0.3) is 0 Å². The summed E-state index contributed by atoms with van der Waals surface area (Å²) in [5, 5.41) is 0. The van der Waals surface area contributed by atoms with Crippen LogP contribution in [-0.2, 0) is 0 Å². The van der Waals surface area contributed by atoms with Crippen molar-refractivity contribution in [3.8, 4) is 0 Å². The van der Waals surface area contributed by atoms with Gasteiger partial charge >= 0.3 is 0 Å². The molecule has 0 aliphatic heterocycles. The molecule has 0 aliphatic rings. The standard InChI is InChI=1S/C6H16NP.C4H10.C3H8.CH3Cl/c1-5(2)7(8)6(3)4;1-3-4-2;1-3-2;1-2/h5-6H,8H2,1-4H3;3-4H2,1-2H3;3H2,1-2H3;1H3. The van der Waals surface area contributed by atoms with Crippen LogP contribution in [0.25, 0.3) is 0 Å². The van der Waals surface area contributed by atoms with Crippen molar-refractivity contribution >= 4 is 21.0 Å². The predicted molar refractivity (Wildman–Crippen MR) is 90.1 cm³/mol. The molecule has 0 aromatic heterocycles. The van der Waals surface area contributed by atoms with Crippen molar-refractivity contribution in [2.75, 3.05) is 6.38 Å². The smallest absolute Gasteiger partial charge is 0.0108 e. The maximum Gasteiger partial charge on any atom is 0.0108 e. The molecule has 110 valence electrons. The summed E-state index contributed by atoms with van der Waals surface area (Å²) in [7, 11) is 2.72. The number of unbranched alkanes of at least 4 members (excludes halogenated alkanes) is 1. The van der Waals surface area contributed by atoms with E-state index in [1.54, 1.807) is 0 Å². The number of hydrogen-bond acceptors (Lipinski definition) is 1. The number of hydrogen-bond donors (Lipinski definition) is 0. The van der Waals surface area contributed by atoms with Gasteiger partial charge in [-0.05, 0) is 27.7 Å². The molecule has 0 saturated heterocycles. The molecule has 0 fully saturated rings. The van der Waals surface area contributed by atoms with Gasteiger partial charge in [0.2, 0.25) is 0 Å².